The highest BCUT2D eigenvalue weighted by molar-refractivity contribution is 7.89. The van der Waals surface area contributed by atoms with E-state index in [9.17, 15) is 18.0 Å². The molecule has 34 heavy (non-hydrogen) atoms. The molecule has 0 aromatic heterocycles. The molecule has 3 fully saturated rings. The molecule has 9 heteroatoms. The van der Waals surface area contributed by atoms with Gasteiger partial charge in [-0.1, -0.05) is 19.3 Å². The van der Waals surface area contributed by atoms with Crippen LogP contribution in [0, 0.1) is 0 Å². The van der Waals surface area contributed by atoms with Crippen LogP contribution in [0.5, 0.6) is 0 Å². The number of carbonyl (C=O) groups excluding carboxylic acids is 2. The maximum absolute atomic E-state index is 13.0. The van der Waals surface area contributed by atoms with E-state index in [4.69, 9.17) is 0 Å². The molecule has 8 nitrogen and oxygen atoms in total. The number of piperidine rings is 1. The van der Waals surface area contributed by atoms with Crippen molar-refractivity contribution in [2.75, 3.05) is 39.8 Å². The smallest absolute Gasteiger partial charge is 0.251 e. The van der Waals surface area contributed by atoms with Gasteiger partial charge in [0.2, 0.25) is 15.9 Å². The van der Waals surface area contributed by atoms with Crippen molar-refractivity contribution in [2.45, 2.75) is 74.8 Å². The van der Waals surface area contributed by atoms with E-state index in [2.05, 4.69) is 10.2 Å². The van der Waals surface area contributed by atoms with Crippen LogP contribution in [0.2, 0.25) is 0 Å². The highest BCUT2D eigenvalue weighted by Crippen LogP contribution is 2.26. The molecular formula is C25H38N4O4S. The molecule has 1 saturated carbocycles. The molecule has 0 spiro atoms. The lowest BCUT2D eigenvalue weighted by Gasteiger charge is -2.32. The Bertz CT molecular complexity index is 946. The van der Waals surface area contributed by atoms with Gasteiger partial charge in [0, 0.05) is 50.9 Å². The second-order valence-corrected chi connectivity index (χ2v) is 11.9. The van der Waals surface area contributed by atoms with Gasteiger partial charge in [-0.05, 0) is 62.8 Å². The van der Waals surface area contributed by atoms with E-state index >= 15 is 0 Å². The Balaban J connectivity index is 1.26. The summed E-state index contributed by atoms with van der Waals surface area (Å²) in [4.78, 5) is 29.5. The van der Waals surface area contributed by atoms with E-state index in [1.54, 1.807) is 19.2 Å². The van der Waals surface area contributed by atoms with Crippen LogP contribution in [0.1, 0.15) is 68.1 Å². The average molecular weight is 491 g/mol. The zero-order chi connectivity index (χ0) is 24.1. The number of carbonyl (C=O) groups is 2. The molecule has 1 aliphatic carbocycles. The van der Waals surface area contributed by atoms with Gasteiger partial charge < -0.3 is 10.2 Å². The molecule has 2 heterocycles. The summed E-state index contributed by atoms with van der Waals surface area (Å²) in [6, 6.07) is 6.39. The van der Waals surface area contributed by atoms with Crippen molar-refractivity contribution in [2.24, 2.45) is 0 Å². The van der Waals surface area contributed by atoms with Crippen LogP contribution in [0.4, 0.5) is 0 Å². The van der Waals surface area contributed by atoms with Crippen LogP contribution in [-0.4, -0.2) is 86.2 Å². The van der Waals surface area contributed by atoms with Crippen molar-refractivity contribution >= 4 is 21.8 Å². The Morgan fingerprint density at radius 1 is 0.912 bits per heavy atom. The Hall–Kier alpha value is -1.97. The Morgan fingerprint density at radius 3 is 2.15 bits per heavy atom. The third-order valence-corrected chi connectivity index (χ3v) is 9.55. The van der Waals surface area contributed by atoms with Crippen LogP contribution in [0.15, 0.2) is 29.2 Å². The first-order chi connectivity index (χ1) is 16.3. The van der Waals surface area contributed by atoms with Gasteiger partial charge in [-0.25, -0.2) is 8.42 Å². The van der Waals surface area contributed by atoms with Gasteiger partial charge in [0.1, 0.15) is 0 Å². The number of amides is 2. The first-order valence-electron chi connectivity index (χ1n) is 12.7. The van der Waals surface area contributed by atoms with Gasteiger partial charge in [-0.15, -0.1) is 0 Å². The van der Waals surface area contributed by atoms with Gasteiger partial charge in [0.05, 0.1) is 11.4 Å². The quantitative estimate of drug-likeness (QED) is 0.634. The molecule has 4 rings (SSSR count). The summed E-state index contributed by atoms with van der Waals surface area (Å²) in [5.41, 5.74) is 0.464. The molecule has 1 aromatic rings. The monoisotopic (exact) mass is 490 g/mol. The van der Waals surface area contributed by atoms with Crippen molar-refractivity contribution in [1.29, 1.82) is 0 Å². The maximum Gasteiger partial charge on any atom is 0.251 e. The predicted molar refractivity (Wildman–Crippen MR) is 131 cm³/mol. The summed E-state index contributed by atoms with van der Waals surface area (Å²) in [6.07, 6.45) is 8.92. The fourth-order valence-corrected chi connectivity index (χ4v) is 6.76. The lowest BCUT2D eigenvalue weighted by atomic mass is 9.96. The SMILES string of the molecule is CN(C1CCCCC1)S(=O)(=O)c1ccc(C(=O)NC2CCN(CC(=O)N3CCCC3)CC2)cc1. The molecule has 0 atom stereocenters. The topological polar surface area (TPSA) is 90.0 Å². The summed E-state index contributed by atoms with van der Waals surface area (Å²) in [5.74, 6) is 0.0281. The molecule has 2 aliphatic heterocycles. The van der Waals surface area contributed by atoms with Crippen molar-refractivity contribution in [3.05, 3.63) is 29.8 Å². The number of likely N-dealkylation sites (tertiary alicyclic amines) is 2. The molecule has 2 saturated heterocycles. The number of rotatable bonds is 7. The highest BCUT2D eigenvalue weighted by atomic mass is 32.2. The third kappa shape index (κ3) is 5.98. The van der Waals surface area contributed by atoms with Crippen LogP contribution >= 0.6 is 0 Å². The standard InChI is InChI=1S/C25H38N4O4S/c1-27(22-7-3-2-4-8-22)34(32,33)23-11-9-20(10-12-23)25(31)26-21-13-17-28(18-14-21)19-24(30)29-15-5-6-16-29/h9-12,21-22H,2-8,13-19H2,1H3,(H,26,31). The van der Waals surface area contributed by atoms with Crippen molar-refractivity contribution in [1.82, 2.24) is 19.4 Å². The van der Waals surface area contributed by atoms with E-state index in [-0.39, 0.29) is 28.8 Å². The number of nitrogens with zero attached hydrogens (tertiary/aromatic N) is 3. The largest absolute Gasteiger partial charge is 0.349 e. The minimum Gasteiger partial charge on any atom is -0.349 e. The molecule has 2 amide bonds. The molecule has 0 unspecified atom stereocenters. The minimum absolute atomic E-state index is 0.0539. The zero-order valence-corrected chi connectivity index (χ0v) is 21.1. The van der Waals surface area contributed by atoms with Gasteiger partial charge >= 0.3 is 0 Å². The molecule has 1 aromatic carbocycles. The van der Waals surface area contributed by atoms with Gasteiger partial charge in [0.25, 0.3) is 5.91 Å². The van der Waals surface area contributed by atoms with E-state index in [0.29, 0.717) is 12.1 Å². The summed E-state index contributed by atoms with van der Waals surface area (Å²) in [5, 5.41) is 3.08. The highest BCUT2D eigenvalue weighted by Gasteiger charge is 2.29. The van der Waals surface area contributed by atoms with Crippen molar-refractivity contribution < 1.29 is 18.0 Å². The summed E-state index contributed by atoms with van der Waals surface area (Å²) in [6.45, 7) is 3.79. The summed E-state index contributed by atoms with van der Waals surface area (Å²) >= 11 is 0. The van der Waals surface area contributed by atoms with Crippen LogP contribution in [0.3, 0.4) is 0 Å². The Labute approximate surface area is 203 Å². The Kier molecular flexibility index (Phi) is 8.26. The van der Waals surface area contributed by atoms with E-state index in [1.807, 2.05) is 4.90 Å². The van der Waals surface area contributed by atoms with E-state index in [0.717, 1.165) is 77.5 Å². The molecular weight excluding hydrogens is 452 g/mol. The van der Waals surface area contributed by atoms with Crippen molar-refractivity contribution in [3.8, 4) is 0 Å². The second-order valence-electron chi connectivity index (χ2n) is 9.95. The normalized spacial score (nSPS) is 21.2. The lowest BCUT2D eigenvalue weighted by molar-refractivity contribution is -0.131. The summed E-state index contributed by atoms with van der Waals surface area (Å²) in [7, 11) is -1.90. The predicted octanol–water partition coefficient (Wildman–Crippen LogP) is 2.46. The number of benzene rings is 1. The van der Waals surface area contributed by atoms with Crippen LogP contribution in [-0.2, 0) is 14.8 Å². The first-order valence-corrected chi connectivity index (χ1v) is 14.2. The second kappa shape index (κ2) is 11.2. The number of sulfonamides is 1. The minimum atomic E-state index is -3.57. The third-order valence-electron chi connectivity index (χ3n) is 7.62. The fourth-order valence-electron chi connectivity index (χ4n) is 5.35. The molecule has 0 bridgehead atoms. The molecule has 3 aliphatic rings. The molecule has 1 N–H and O–H groups in total. The lowest BCUT2D eigenvalue weighted by Crippen LogP contribution is -2.47. The van der Waals surface area contributed by atoms with Gasteiger partial charge in [-0.2, -0.15) is 4.31 Å². The first kappa shape index (κ1) is 25.1. The van der Waals surface area contributed by atoms with E-state index < -0.39 is 10.0 Å². The number of nitrogens with one attached hydrogen (secondary N) is 1. The van der Waals surface area contributed by atoms with Gasteiger partial charge in [-0.3, -0.25) is 14.5 Å². The maximum atomic E-state index is 13.0. The number of hydrogen-bond acceptors (Lipinski definition) is 5. The van der Waals surface area contributed by atoms with E-state index in [1.165, 1.54) is 22.9 Å². The average Bonchev–Trinajstić information content (AvgIpc) is 3.41. The zero-order valence-electron chi connectivity index (χ0n) is 20.2. The van der Waals surface area contributed by atoms with Crippen LogP contribution < -0.4 is 5.32 Å². The Morgan fingerprint density at radius 2 is 1.53 bits per heavy atom. The molecule has 0 radical (unpaired) electrons. The summed E-state index contributed by atoms with van der Waals surface area (Å²) < 4.78 is 27.5. The fraction of sp³-hybridized carbons (Fsp3) is 0.680. The number of hydrogen-bond donors (Lipinski definition) is 1. The van der Waals surface area contributed by atoms with Crippen LogP contribution in [0.25, 0.3) is 0 Å². The van der Waals surface area contributed by atoms with Gasteiger partial charge in [0.15, 0.2) is 0 Å². The van der Waals surface area contributed by atoms with Crippen molar-refractivity contribution in [3.63, 3.8) is 0 Å². The molecule has 188 valence electrons.